The van der Waals surface area contributed by atoms with Gasteiger partial charge >= 0.3 is 0 Å². The van der Waals surface area contributed by atoms with Crippen molar-refractivity contribution < 1.29 is 28.7 Å². The number of likely N-dealkylation sites (tertiary alicyclic amines) is 1. The summed E-state index contributed by atoms with van der Waals surface area (Å²) < 4.78 is 6.22. The first-order chi connectivity index (χ1) is 27.6. The van der Waals surface area contributed by atoms with Crippen LogP contribution in [0.3, 0.4) is 0 Å². The molecule has 0 radical (unpaired) electrons. The summed E-state index contributed by atoms with van der Waals surface area (Å²) in [5, 5.41) is 11.9. The quantitative estimate of drug-likeness (QED) is 0.320. The second kappa shape index (κ2) is 16.2. The summed E-state index contributed by atoms with van der Waals surface area (Å²) in [6.45, 7) is 9.59. The van der Waals surface area contributed by atoms with E-state index >= 15 is 0 Å². The van der Waals surface area contributed by atoms with E-state index in [2.05, 4.69) is 38.2 Å². The number of imide groups is 2. The molecule has 4 saturated heterocycles. The highest BCUT2D eigenvalue weighted by atomic mass is 35.5. The Morgan fingerprint density at radius 3 is 2.16 bits per heavy atom. The van der Waals surface area contributed by atoms with Gasteiger partial charge in [0.05, 0.1) is 21.7 Å². The van der Waals surface area contributed by atoms with Crippen molar-refractivity contribution in [2.24, 2.45) is 5.92 Å². The molecule has 296 valence electrons. The summed E-state index contributed by atoms with van der Waals surface area (Å²) >= 11 is 6.32. The number of ether oxygens (including phenoxy) is 1. The number of piperazine rings is 1. The second-order valence-corrected chi connectivity index (χ2v) is 16.1. The molecule has 1 N–H and O–H groups in total. The molecule has 57 heavy (non-hydrogen) atoms. The molecule has 0 aromatic heterocycles. The fourth-order valence-corrected chi connectivity index (χ4v) is 9.02. The lowest BCUT2D eigenvalue weighted by atomic mass is 9.95. The van der Waals surface area contributed by atoms with E-state index in [-0.39, 0.29) is 24.9 Å². The third kappa shape index (κ3) is 7.81. The van der Waals surface area contributed by atoms with Crippen LogP contribution >= 0.6 is 11.6 Å². The van der Waals surface area contributed by atoms with Crippen LogP contribution in [0.25, 0.3) is 0 Å². The van der Waals surface area contributed by atoms with E-state index in [1.54, 1.807) is 24.3 Å². The lowest BCUT2D eigenvalue weighted by Crippen LogP contribution is -2.54. The third-order valence-electron chi connectivity index (χ3n) is 12.3. The molecule has 0 aliphatic carbocycles. The summed E-state index contributed by atoms with van der Waals surface area (Å²) in [4.78, 5) is 74.0. The lowest BCUT2D eigenvalue weighted by molar-refractivity contribution is -0.136. The lowest BCUT2D eigenvalue weighted by Gasteiger charge is -2.40. The Hall–Kier alpha value is -5.45. The van der Waals surface area contributed by atoms with Gasteiger partial charge in [-0.1, -0.05) is 11.6 Å². The summed E-state index contributed by atoms with van der Waals surface area (Å²) in [6, 6.07) is 17.9. The fraction of sp³-hybridized carbons (Fsp3) is 0.442. The SMILES string of the molecule is Cc1c(OC2CCN(C(=O)c3ccc(N4CCN(CC5CCN(c6ccc7c(c6)C(=O)N(C6CCC(=O)NC6=O)C7=O)CC5)CC4)cc3)CC2)ccc(C#N)c1Cl. The summed E-state index contributed by atoms with van der Waals surface area (Å²) in [5.41, 5.74) is 4.51. The summed E-state index contributed by atoms with van der Waals surface area (Å²) in [7, 11) is 0. The van der Waals surface area contributed by atoms with E-state index in [0.717, 1.165) is 93.3 Å². The number of fused-ring (bicyclic) bond motifs is 1. The van der Waals surface area contributed by atoms with Crippen molar-refractivity contribution in [2.45, 2.75) is 57.6 Å². The average Bonchev–Trinajstić information content (AvgIpc) is 3.48. The van der Waals surface area contributed by atoms with Crippen molar-refractivity contribution in [3.8, 4) is 11.8 Å². The molecule has 5 heterocycles. The number of piperidine rings is 3. The fourth-order valence-electron chi connectivity index (χ4n) is 8.82. The molecule has 14 heteroatoms. The van der Waals surface area contributed by atoms with Crippen LogP contribution < -0.4 is 19.9 Å². The molecule has 3 aromatic carbocycles. The Kier molecular flexibility index (Phi) is 10.9. The standard InChI is InChI=1S/C43H46ClN7O6/c1-27-37(10-4-30(25-45)39(27)44)57-33-14-18-50(19-15-33)41(54)29-2-5-31(6-3-29)49-22-20-47(21-23-49)26-28-12-16-48(17-13-28)32-7-8-34-35(24-32)43(56)51(42(34)55)36-9-11-38(52)46-40(36)53/h2-8,10,24,28,33,36H,9,11-23,26H2,1H3,(H,46,52,53). The minimum absolute atomic E-state index is 0.0221. The van der Waals surface area contributed by atoms with Crippen LogP contribution in [0, 0.1) is 24.2 Å². The van der Waals surface area contributed by atoms with Crippen LogP contribution in [0.15, 0.2) is 54.6 Å². The largest absolute Gasteiger partial charge is 0.490 e. The normalized spacial score (nSPS) is 21.1. The molecule has 1 atom stereocenters. The van der Waals surface area contributed by atoms with Crippen LogP contribution in [0.2, 0.25) is 5.02 Å². The predicted octanol–water partition coefficient (Wildman–Crippen LogP) is 4.64. The van der Waals surface area contributed by atoms with Gasteiger partial charge < -0.3 is 19.4 Å². The summed E-state index contributed by atoms with van der Waals surface area (Å²) in [6.07, 6.45) is 3.71. The van der Waals surface area contributed by atoms with Crippen LogP contribution in [0.1, 0.15) is 80.7 Å². The van der Waals surface area contributed by atoms with Crippen LogP contribution in [0.4, 0.5) is 11.4 Å². The summed E-state index contributed by atoms with van der Waals surface area (Å²) in [5.74, 6) is -0.685. The number of carbonyl (C=O) groups is 5. The number of benzene rings is 3. The van der Waals surface area contributed by atoms with Crippen LogP contribution in [-0.2, 0) is 9.59 Å². The van der Waals surface area contributed by atoms with Gasteiger partial charge in [0.1, 0.15) is 24.0 Å². The number of nitriles is 1. The molecule has 5 aliphatic heterocycles. The van der Waals surface area contributed by atoms with E-state index in [4.69, 9.17) is 16.3 Å². The maximum atomic E-state index is 13.4. The monoisotopic (exact) mass is 791 g/mol. The molecular weight excluding hydrogens is 746 g/mol. The van der Waals surface area contributed by atoms with Gasteiger partial charge in [0.25, 0.3) is 17.7 Å². The topological polar surface area (TPSA) is 147 Å². The Labute approximate surface area is 337 Å². The van der Waals surface area contributed by atoms with Gasteiger partial charge in [-0.3, -0.25) is 39.1 Å². The third-order valence-corrected chi connectivity index (χ3v) is 12.7. The molecule has 0 spiro atoms. The highest BCUT2D eigenvalue weighted by molar-refractivity contribution is 6.32. The molecule has 5 amide bonds. The van der Waals surface area contributed by atoms with E-state index < -0.39 is 29.7 Å². The number of halogens is 1. The van der Waals surface area contributed by atoms with Crippen molar-refractivity contribution in [1.29, 1.82) is 5.26 Å². The Morgan fingerprint density at radius 2 is 1.47 bits per heavy atom. The van der Waals surface area contributed by atoms with E-state index in [1.165, 1.54) is 0 Å². The highest BCUT2D eigenvalue weighted by Crippen LogP contribution is 2.34. The molecule has 0 saturated carbocycles. The van der Waals surface area contributed by atoms with Crippen molar-refractivity contribution in [2.75, 3.05) is 68.7 Å². The number of nitrogens with zero attached hydrogens (tertiary/aromatic N) is 6. The maximum absolute atomic E-state index is 13.4. The van der Waals surface area contributed by atoms with Gasteiger partial charge in [-0.25, -0.2) is 0 Å². The van der Waals surface area contributed by atoms with E-state index in [1.807, 2.05) is 30.0 Å². The number of carbonyl (C=O) groups excluding carboxylic acids is 5. The van der Waals surface area contributed by atoms with Crippen molar-refractivity contribution in [1.82, 2.24) is 20.0 Å². The molecule has 1 unspecified atom stereocenters. The minimum Gasteiger partial charge on any atom is -0.490 e. The van der Waals surface area contributed by atoms with Crippen molar-refractivity contribution in [3.05, 3.63) is 87.4 Å². The Balaban J connectivity index is 0.769. The number of hydrogen-bond acceptors (Lipinski definition) is 10. The molecule has 8 rings (SSSR count). The van der Waals surface area contributed by atoms with E-state index in [0.29, 0.717) is 52.0 Å². The number of rotatable bonds is 8. The molecule has 0 bridgehead atoms. The first-order valence-electron chi connectivity index (χ1n) is 19.9. The van der Waals surface area contributed by atoms with Gasteiger partial charge in [0.15, 0.2) is 0 Å². The zero-order chi connectivity index (χ0) is 39.8. The zero-order valence-electron chi connectivity index (χ0n) is 32.0. The molecule has 5 aliphatic rings. The van der Waals surface area contributed by atoms with Gasteiger partial charge in [0.2, 0.25) is 11.8 Å². The van der Waals surface area contributed by atoms with Gasteiger partial charge in [-0.2, -0.15) is 5.26 Å². The second-order valence-electron chi connectivity index (χ2n) is 15.7. The number of anilines is 2. The highest BCUT2D eigenvalue weighted by Gasteiger charge is 2.45. The van der Waals surface area contributed by atoms with E-state index in [9.17, 15) is 29.2 Å². The molecule has 4 fully saturated rings. The average molecular weight is 792 g/mol. The Bertz CT molecular complexity index is 2130. The minimum atomic E-state index is -0.969. The van der Waals surface area contributed by atoms with Gasteiger partial charge in [-0.15, -0.1) is 0 Å². The predicted molar refractivity (Wildman–Crippen MR) is 214 cm³/mol. The number of amides is 5. The molecule has 13 nitrogen and oxygen atoms in total. The first-order valence-corrected chi connectivity index (χ1v) is 20.3. The number of nitrogens with one attached hydrogen (secondary N) is 1. The Morgan fingerprint density at radius 1 is 0.807 bits per heavy atom. The number of hydrogen-bond donors (Lipinski definition) is 1. The van der Waals surface area contributed by atoms with Gasteiger partial charge in [-0.05, 0) is 86.7 Å². The molecule has 3 aromatic rings. The van der Waals surface area contributed by atoms with Crippen LogP contribution in [-0.4, -0.2) is 115 Å². The maximum Gasteiger partial charge on any atom is 0.262 e. The van der Waals surface area contributed by atoms with Crippen molar-refractivity contribution in [3.63, 3.8) is 0 Å². The first kappa shape index (κ1) is 38.4. The van der Waals surface area contributed by atoms with Crippen molar-refractivity contribution >= 4 is 52.5 Å². The smallest absolute Gasteiger partial charge is 0.262 e. The van der Waals surface area contributed by atoms with Gasteiger partial charge in [0, 0.05) is 101 Å². The van der Waals surface area contributed by atoms with Crippen LogP contribution in [0.5, 0.6) is 5.75 Å². The zero-order valence-corrected chi connectivity index (χ0v) is 32.8. The molecular formula is C43H46ClN7O6.